The van der Waals surface area contributed by atoms with Crippen molar-refractivity contribution in [3.8, 4) is 0 Å². The van der Waals surface area contributed by atoms with Crippen molar-refractivity contribution in [1.29, 1.82) is 0 Å². The highest BCUT2D eigenvalue weighted by molar-refractivity contribution is 7.98. The lowest BCUT2D eigenvalue weighted by atomic mass is 10.1. The van der Waals surface area contributed by atoms with Gasteiger partial charge in [0.2, 0.25) is 0 Å². The van der Waals surface area contributed by atoms with Crippen LogP contribution in [0.5, 0.6) is 0 Å². The van der Waals surface area contributed by atoms with E-state index in [2.05, 4.69) is 15.3 Å². The van der Waals surface area contributed by atoms with E-state index in [4.69, 9.17) is 12.2 Å². The van der Waals surface area contributed by atoms with E-state index in [1.807, 2.05) is 18.4 Å². The molecule has 4 nitrogen and oxygen atoms in total. The maximum absolute atomic E-state index is 13.7. The summed E-state index contributed by atoms with van der Waals surface area (Å²) < 4.78 is 14.0. The lowest BCUT2D eigenvalue weighted by Gasteiger charge is -2.07. The molecule has 3 aromatic rings. The van der Waals surface area contributed by atoms with Crippen molar-refractivity contribution < 1.29 is 9.18 Å². The number of amides is 1. The first-order chi connectivity index (χ1) is 10.6. The van der Waals surface area contributed by atoms with Crippen LogP contribution in [-0.4, -0.2) is 22.1 Å². The number of hydrogen-bond donors (Lipinski definition) is 3. The molecule has 112 valence electrons. The van der Waals surface area contributed by atoms with Crippen LogP contribution in [0.1, 0.15) is 10.4 Å². The highest BCUT2D eigenvalue weighted by Crippen LogP contribution is 2.21. The van der Waals surface area contributed by atoms with Crippen molar-refractivity contribution in [2.75, 3.05) is 11.6 Å². The fourth-order valence-corrected chi connectivity index (χ4v) is 2.78. The second-order valence-electron chi connectivity index (χ2n) is 4.64. The zero-order chi connectivity index (χ0) is 15.7. The Bertz CT molecular complexity index is 899. The van der Waals surface area contributed by atoms with Crippen LogP contribution >= 0.6 is 24.0 Å². The van der Waals surface area contributed by atoms with E-state index in [0.29, 0.717) is 21.5 Å². The molecule has 0 atom stereocenters. The third-order valence-electron chi connectivity index (χ3n) is 3.18. The number of aromatic amines is 2. The summed E-state index contributed by atoms with van der Waals surface area (Å²) in [5, 5.41) is 2.76. The van der Waals surface area contributed by atoms with Gasteiger partial charge in [0.05, 0.1) is 16.6 Å². The van der Waals surface area contributed by atoms with Gasteiger partial charge in [0, 0.05) is 10.6 Å². The van der Waals surface area contributed by atoms with Gasteiger partial charge in [-0.1, -0.05) is 0 Å². The van der Waals surface area contributed by atoms with E-state index < -0.39 is 11.7 Å². The number of imidazole rings is 1. The number of nitrogens with one attached hydrogen (secondary N) is 3. The van der Waals surface area contributed by atoms with Crippen molar-refractivity contribution in [2.24, 2.45) is 0 Å². The van der Waals surface area contributed by atoms with Crippen LogP contribution in [0.3, 0.4) is 0 Å². The Kier molecular flexibility index (Phi) is 4.00. The van der Waals surface area contributed by atoms with Gasteiger partial charge in [0.25, 0.3) is 5.91 Å². The number of fused-ring (bicyclic) bond motifs is 1. The SMILES string of the molecule is CSc1ccc(NC(=O)c2cc(F)cc3[nH]c(=S)[nH]c23)cc1. The third-order valence-corrected chi connectivity index (χ3v) is 4.13. The number of carbonyl (C=O) groups is 1. The number of rotatable bonds is 3. The van der Waals surface area contributed by atoms with Gasteiger partial charge in [-0.3, -0.25) is 4.79 Å². The van der Waals surface area contributed by atoms with Gasteiger partial charge in [-0.2, -0.15) is 0 Å². The van der Waals surface area contributed by atoms with E-state index in [9.17, 15) is 9.18 Å². The smallest absolute Gasteiger partial charge is 0.257 e. The van der Waals surface area contributed by atoms with Gasteiger partial charge in [0.15, 0.2) is 4.77 Å². The zero-order valence-electron chi connectivity index (χ0n) is 11.6. The molecule has 22 heavy (non-hydrogen) atoms. The molecule has 1 heterocycles. The summed E-state index contributed by atoms with van der Waals surface area (Å²) in [6.07, 6.45) is 1.98. The lowest BCUT2D eigenvalue weighted by Crippen LogP contribution is -2.12. The summed E-state index contributed by atoms with van der Waals surface area (Å²) in [4.78, 5) is 19.2. The fraction of sp³-hybridized carbons (Fsp3) is 0.0667. The van der Waals surface area contributed by atoms with E-state index in [-0.39, 0.29) is 5.56 Å². The molecule has 0 aliphatic heterocycles. The van der Waals surface area contributed by atoms with Gasteiger partial charge < -0.3 is 15.3 Å². The average Bonchev–Trinajstić information content (AvgIpc) is 2.87. The second-order valence-corrected chi connectivity index (χ2v) is 5.93. The maximum atomic E-state index is 13.7. The minimum absolute atomic E-state index is 0.205. The highest BCUT2D eigenvalue weighted by Gasteiger charge is 2.14. The molecule has 7 heteroatoms. The fourth-order valence-electron chi connectivity index (χ4n) is 2.16. The van der Waals surface area contributed by atoms with Crippen LogP contribution < -0.4 is 5.32 Å². The molecule has 0 radical (unpaired) electrons. The summed E-state index contributed by atoms with van der Waals surface area (Å²) in [6.45, 7) is 0. The van der Waals surface area contributed by atoms with Crippen molar-refractivity contribution in [2.45, 2.75) is 4.90 Å². The molecule has 0 aliphatic carbocycles. The van der Waals surface area contributed by atoms with Gasteiger partial charge in [0.1, 0.15) is 5.82 Å². The molecule has 0 saturated carbocycles. The lowest BCUT2D eigenvalue weighted by molar-refractivity contribution is 0.102. The molecule has 0 aliphatic rings. The molecule has 0 saturated heterocycles. The van der Waals surface area contributed by atoms with Gasteiger partial charge in [-0.15, -0.1) is 11.8 Å². The maximum Gasteiger partial charge on any atom is 0.257 e. The largest absolute Gasteiger partial charge is 0.331 e. The standard InChI is InChI=1S/C15H12FN3OS2/c1-22-10-4-2-9(3-5-10)17-14(20)11-6-8(16)7-12-13(11)19-15(21)18-12/h2-7H,1H3,(H,17,20)(H2,18,19,21). The highest BCUT2D eigenvalue weighted by atomic mass is 32.2. The van der Waals surface area contributed by atoms with Crippen LogP contribution in [0, 0.1) is 10.6 Å². The molecule has 1 amide bonds. The molecule has 3 N–H and O–H groups in total. The third kappa shape index (κ3) is 2.90. The Balaban J connectivity index is 1.95. The van der Waals surface area contributed by atoms with E-state index in [1.165, 1.54) is 12.1 Å². The number of thioether (sulfide) groups is 1. The van der Waals surface area contributed by atoms with Gasteiger partial charge in [-0.25, -0.2) is 4.39 Å². The molecular weight excluding hydrogens is 321 g/mol. The molecule has 1 aromatic heterocycles. The van der Waals surface area contributed by atoms with Crippen molar-refractivity contribution >= 4 is 46.6 Å². The number of H-pyrrole nitrogens is 2. The Morgan fingerprint density at radius 1 is 1.23 bits per heavy atom. The molecule has 0 spiro atoms. The number of hydrogen-bond acceptors (Lipinski definition) is 3. The minimum atomic E-state index is -0.499. The number of aromatic nitrogens is 2. The van der Waals surface area contributed by atoms with Crippen molar-refractivity contribution in [1.82, 2.24) is 9.97 Å². The normalized spacial score (nSPS) is 10.8. The Morgan fingerprint density at radius 3 is 2.64 bits per heavy atom. The van der Waals surface area contributed by atoms with Gasteiger partial charge in [-0.05, 0) is 54.9 Å². The van der Waals surface area contributed by atoms with Crippen molar-refractivity contribution in [3.63, 3.8) is 0 Å². The predicted molar refractivity (Wildman–Crippen MR) is 89.6 cm³/mol. The first kappa shape index (κ1) is 14.8. The van der Waals surface area contributed by atoms with Crippen molar-refractivity contribution in [3.05, 3.63) is 52.5 Å². The molecule has 3 rings (SSSR count). The van der Waals surface area contributed by atoms with Crippen LogP contribution in [0.2, 0.25) is 0 Å². The quantitative estimate of drug-likeness (QED) is 0.493. The van der Waals surface area contributed by atoms with Crippen LogP contribution in [0.4, 0.5) is 10.1 Å². The summed E-state index contributed by atoms with van der Waals surface area (Å²) in [7, 11) is 0. The number of benzene rings is 2. The average molecular weight is 333 g/mol. The Morgan fingerprint density at radius 2 is 1.95 bits per heavy atom. The van der Waals surface area contributed by atoms with Crippen LogP contribution in [0.25, 0.3) is 11.0 Å². The molecule has 0 unspecified atom stereocenters. The summed E-state index contributed by atoms with van der Waals surface area (Å²) >= 11 is 6.61. The molecule has 2 aromatic carbocycles. The Labute approximate surface area is 135 Å². The number of carbonyl (C=O) groups excluding carboxylic acids is 1. The van der Waals surface area contributed by atoms with Gasteiger partial charge >= 0.3 is 0 Å². The monoisotopic (exact) mass is 333 g/mol. The van der Waals surface area contributed by atoms with Crippen LogP contribution in [0.15, 0.2) is 41.3 Å². The van der Waals surface area contributed by atoms with Crippen LogP contribution in [-0.2, 0) is 0 Å². The summed E-state index contributed by atoms with van der Waals surface area (Å²) in [6, 6.07) is 9.91. The molecule has 0 bridgehead atoms. The summed E-state index contributed by atoms with van der Waals surface area (Å²) in [5.74, 6) is -0.896. The van der Waals surface area contributed by atoms with E-state index in [0.717, 1.165) is 4.90 Å². The first-order valence-electron chi connectivity index (χ1n) is 6.44. The topological polar surface area (TPSA) is 60.7 Å². The molecule has 0 fully saturated rings. The summed E-state index contributed by atoms with van der Waals surface area (Å²) in [5.41, 5.74) is 1.81. The number of halogens is 1. The number of anilines is 1. The zero-order valence-corrected chi connectivity index (χ0v) is 13.2. The second kappa shape index (κ2) is 5.94. The first-order valence-corrected chi connectivity index (χ1v) is 8.07. The minimum Gasteiger partial charge on any atom is -0.331 e. The van der Waals surface area contributed by atoms with E-state index >= 15 is 0 Å². The predicted octanol–water partition coefficient (Wildman–Crippen LogP) is 4.34. The Hall–Kier alpha value is -2.12. The molecular formula is C15H12FN3OS2. The van der Waals surface area contributed by atoms with E-state index in [1.54, 1.807) is 23.9 Å².